The molecule has 0 aromatic carbocycles. The monoisotopic (exact) mass is 248 g/mol. The van der Waals surface area contributed by atoms with Crippen LogP contribution in [0.4, 0.5) is 5.82 Å². The van der Waals surface area contributed by atoms with Crippen LogP contribution in [-0.2, 0) is 13.1 Å². The molecule has 0 atom stereocenters. The predicted molar refractivity (Wildman–Crippen MR) is 71.1 cm³/mol. The van der Waals surface area contributed by atoms with Gasteiger partial charge in [0.25, 0.3) is 0 Å². The van der Waals surface area contributed by atoms with E-state index < -0.39 is 0 Å². The quantitative estimate of drug-likeness (QED) is 0.898. The van der Waals surface area contributed by atoms with Crippen molar-refractivity contribution < 1.29 is 0 Å². The Kier molecular flexibility index (Phi) is 3.71. The zero-order valence-electron chi connectivity index (χ0n) is 10.1. The van der Waals surface area contributed by atoms with Crippen LogP contribution in [0.2, 0.25) is 0 Å². The lowest BCUT2D eigenvalue weighted by atomic mass is 10.3. The van der Waals surface area contributed by atoms with Crippen LogP contribution in [0.1, 0.15) is 16.1 Å². The average Bonchev–Trinajstić information content (AvgIpc) is 2.75. The fourth-order valence-electron chi connectivity index (χ4n) is 1.54. The van der Waals surface area contributed by atoms with E-state index in [1.807, 2.05) is 37.8 Å². The number of aryl methyl sites for hydroxylation is 1. The lowest BCUT2D eigenvalue weighted by Crippen LogP contribution is -2.17. The van der Waals surface area contributed by atoms with E-state index in [4.69, 9.17) is 5.73 Å². The van der Waals surface area contributed by atoms with Crippen LogP contribution < -0.4 is 10.6 Å². The van der Waals surface area contributed by atoms with E-state index in [-0.39, 0.29) is 0 Å². The maximum Gasteiger partial charge on any atom is 0.128 e. The van der Waals surface area contributed by atoms with Gasteiger partial charge in [-0.1, -0.05) is 6.07 Å². The largest absolute Gasteiger partial charge is 0.354 e. The molecule has 0 spiro atoms. The van der Waals surface area contributed by atoms with Gasteiger partial charge in [-0.3, -0.25) is 0 Å². The van der Waals surface area contributed by atoms with Crippen LogP contribution in [0.3, 0.4) is 0 Å². The van der Waals surface area contributed by atoms with Gasteiger partial charge >= 0.3 is 0 Å². The van der Waals surface area contributed by atoms with Gasteiger partial charge in [0.05, 0.1) is 17.7 Å². The Hall–Kier alpha value is -1.46. The third-order valence-corrected chi connectivity index (χ3v) is 3.58. The number of hydrogen-bond donors (Lipinski definition) is 1. The molecular weight excluding hydrogens is 232 g/mol. The van der Waals surface area contributed by atoms with E-state index in [1.165, 1.54) is 4.88 Å². The molecule has 2 aromatic heterocycles. The van der Waals surface area contributed by atoms with E-state index in [0.717, 1.165) is 23.6 Å². The highest BCUT2D eigenvalue weighted by molar-refractivity contribution is 7.09. The van der Waals surface area contributed by atoms with Crippen molar-refractivity contribution in [2.45, 2.75) is 20.0 Å². The van der Waals surface area contributed by atoms with Crippen molar-refractivity contribution in [3.8, 4) is 0 Å². The summed E-state index contributed by atoms with van der Waals surface area (Å²) in [5.74, 6) is 0.954. The van der Waals surface area contributed by atoms with Crippen molar-refractivity contribution in [2.75, 3.05) is 11.9 Å². The van der Waals surface area contributed by atoms with E-state index in [9.17, 15) is 0 Å². The van der Waals surface area contributed by atoms with Crippen molar-refractivity contribution in [2.24, 2.45) is 5.73 Å². The normalized spacial score (nSPS) is 10.5. The van der Waals surface area contributed by atoms with Crippen molar-refractivity contribution in [1.82, 2.24) is 9.97 Å². The number of aromatic nitrogens is 2. The smallest absolute Gasteiger partial charge is 0.128 e. The molecule has 2 N–H and O–H groups in total. The standard InChI is InChI=1S/C12H16N4S/c1-9-11(17-8-15-9)7-16(2)12-4-3-10(5-13)6-14-12/h3-4,6,8H,5,7,13H2,1-2H3. The molecule has 0 saturated heterocycles. The number of hydrogen-bond acceptors (Lipinski definition) is 5. The maximum atomic E-state index is 5.55. The van der Waals surface area contributed by atoms with Crippen LogP contribution in [0.25, 0.3) is 0 Å². The average molecular weight is 248 g/mol. The summed E-state index contributed by atoms with van der Waals surface area (Å²) >= 11 is 1.68. The summed E-state index contributed by atoms with van der Waals surface area (Å²) < 4.78 is 0. The molecule has 0 aliphatic heterocycles. The maximum absolute atomic E-state index is 5.55. The summed E-state index contributed by atoms with van der Waals surface area (Å²) in [5.41, 5.74) is 9.57. The van der Waals surface area contributed by atoms with Crippen molar-refractivity contribution >= 4 is 17.2 Å². The number of rotatable bonds is 4. The van der Waals surface area contributed by atoms with Crippen molar-refractivity contribution in [1.29, 1.82) is 0 Å². The van der Waals surface area contributed by atoms with E-state index in [0.29, 0.717) is 6.54 Å². The zero-order valence-corrected chi connectivity index (χ0v) is 10.9. The molecule has 2 aromatic rings. The van der Waals surface area contributed by atoms with Crippen LogP contribution in [-0.4, -0.2) is 17.0 Å². The fraction of sp³-hybridized carbons (Fsp3) is 0.333. The highest BCUT2D eigenvalue weighted by Crippen LogP contribution is 2.18. The van der Waals surface area contributed by atoms with Crippen LogP contribution in [0.15, 0.2) is 23.8 Å². The van der Waals surface area contributed by atoms with Gasteiger partial charge in [0, 0.05) is 24.7 Å². The summed E-state index contributed by atoms with van der Waals surface area (Å²) in [4.78, 5) is 12.0. The molecule has 0 aliphatic rings. The molecule has 90 valence electrons. The number of nitrogens with zero attached hydrogens (tertiary/aromatic N) is 3. The third-order valence-electron chi connectivity index (χ3n) is 2.66. The molecule has 0 radical (unpaired) electrons. The molecule has 0 unspecified atom stereocenters. The van der Waals surface area contributed by atoms with E-state index in [2.05, 4.69) is 14.9 Å². The first-order valence-electron chi connectivity index (χ1n) is 5.46. The Labute approximate surface area is 105 Å². The van der Waals surface area contributed by atoms with Gasteiger partial charge in [0.1, 0.15) is 5.82 Å². The molecular formula is C12H16N4S. The summed E-state index contributed by atoms with van der Waals surface area (Å²) in [6.45, 7) is 3.40. The summed E-state index contributed by atoms with van der Waals surface area (Å²) in [6, 6.07) is 4.01. The Morgan fingerprint density at radius 2 is 2.18 bits per heavy atom. The molecule has 0 bridgehead atoms. The number of nitrogens with two attached hydrogens (primary N) is 1. The second-order valence-corrected chi connectivity index (χ2v) is 4.89. The Balaban J connectivity index is 2.09. The first-order valence-corrected chi connectivity index (χ1v) is 6.33. The predicted octanol–water partition coefficient (Wildman–Crippen LogP) is 1.94. The SMILES string of the molecule is Cc1ncsc1CN(C)c1ccc(CN)cn1. The van der Waals surface area contributed by atoms with Crippen LogP contribution in [0, 0.1) is 6.92 Å². The number of pyridine rings is 1. The summed E-state index contributed by atoms with van der Waals surface area (Å²) in [5, 5.41) is 0. The minimum atomic E-state index is 0.533. The van der Waals surface area contributed by atoms with Gasteiger partial charge < -0.3 is 10.6 Å². The molecule has 0 amide bonds. The zero-order chi connectivity index (χ0) is 12.3. The second kappa shape index (κ2) is 5.25. The Morgan fingerprint density at radius 3 is 2.71 bits per heavy atom. The van der Waals surface area contributed by atoms with Gasteiger partial charge in [0.15, 0.2) is 0 Å². The van der Waals surface area contributed by atoms with Crippen LogP contribution in [0.5, 0.6) is 0 Å². The number of anilines is 1. The second-order valence-electron chi connectivity index (χ2n) is 3.95. The fourth-order valence-corrected chi connectivity index (χ4v) is 2.37. The highest BCUT2D eigenvalue weighted by Gasteiger charge is 2.07. The molecule has 0 fully saturated rings. The first kappa shape index (κ1) is 12.0. The first-order chi connectivity index (χ1) is 8.20. The molecule has 0 saturated carbocycles. The Bertz CT molecular complexity index is 478. The molecule has 2 heterocycles. The Morgan fingerprint density at radius 1 is 1.35 bits per heavy atom. The van der Waals surface area contributed by atoms with E-state index in [1.54, 1.807) is 11.3 Å². The molecule has 5 heteroatoms. The highest BCUT2D eigenvalue weighted by atomic mass is 32.1. The van der Waals surface area contributed by atoms with Crippen molar-refractivity contribution in [3.63, 3.8) is 0 Å². The lowest BCUT2D eigenvalue weighted by molar-refractivity contribution is 0.896. The summed E-state index contributed by atoms with van der Waals surface area (Å²) in [6.07, 6.45) is 1.82. The van der Waals surface area contributed by atoms with E-state index >= 15 is 0 Å². The minimum Gasteiger partial charge on any atom is -0.354 e. The van der Waals surface area contributed by atoms with Gasteiger partial charge in [-0.05, 0) is 18.6 Å². The molecule has 0 aliphatic carbocycles. The molecule has 2 rings (SSSR count). The van der Waals surface area contributed by atoms with Gasteiger partial charge in [-0.2, -0.15) is 0 Å². The third kappa shape index (κ3) is 2.81. The van der Waals surface area contributed by atoms with Gasteiger partial charge in [0.2, 0.25) is 0 Å². The number of thiazole rings is 1. The molecule has 17 heavy (non-hydrogen) atoms. The van der Waals surface area contributed by atoms with Gasteiger partial charge in [-0.25, -0.2) is 9.97 Å². The van der Waals surface area contributed by atoms with Gasteiger partial charge in [-0.15, -0.1) is 11.3 Å². The van der Waals surface area contributed by atoms with Crippen LogP contribution >= 0.6 is 11.3 Å². The topological polar surface area (TPSA) is 55.0 Å². The van der Waals surface area contributed by atoms with Crippen molar-refractivity contribution in [3.05, 3.63) is 40.0 Å². The lowest BCUT2D eigenvalue weighted by Gasteiger charge is -2.17. The molecule has 4 nitrogen and oxygen atoms in total. The summed E-state index contributed by atoms with van der Waals surface area (Å²) in [7, 11) is 2.03. The minimum absolute atomic E-state index is 0.533.